The minimum absolute atomic E-state index is 0.00161. The molecule has 1 atom stereocenters. The Bertz CT molecular complexity index is 1100. The van der Waals surface area contributed by atoms with Gasteiger partial charge >= 0.3 is 0 Å². The molecule has 164 valence electrons. The molecule has 30 heavy (non-hydrogen) atoms. The van der Waals surface area contributed by atoms with Gasteiger partial charge in [0.2, 0.25) is 10.0 Å². The van der Waals surface area contributed by atoms with Gasteiger partial charge in [-0.3, -0.25) is 4.72 Å². The molecule has 1 heterocycles. The summed E-state index contributed by atoms with van der Waals surface area (Å²) in [7, 11) is -0.607. The number of hydrogen-bond donors (Lipinski definition) is 1. The van der Waals surface area contributed by atoms with Gasteiger partial charge in [0.05, 0.1) is 21.2 Å². The second kappa shape index (κ2) is 8.54. The van der Waals surface area contributed by atoms with E-state index in [1.54, 1.807) is 12.1 Å². The Morgan fingerprint density at radius 3 is 2.10 bits per heavy atom. The molecular formula is C20H28N4O4S2. The molecule has 0 aromatic heterocycles. The average molecular weight is 453 g/mol. The molecule has 1 aliphatic rings. The van der Waals surface area contributed by atoms with E-state index in [1.807, 2.05) is 19.2 Å². The molecule has 2 aromatic rings. The molecule has 0 radical (unpaired) electrons. The van der Waals surface area contributed by atoms with Crippen molar-refractivity contribution >= 4 is 31.4 Å². The standard InChI is InChI=1S/C20H28N4O4S2/c1-22(2)30(27,28)18-11-9-17(10-12-18)29(25,26)21-19-7-5-6-8-20(19)24(4)16-13-14-23(3)15-16/h5-12,16,21H,13-15H2,1-4H3. The Kier molecular flexibility index (Phi) is 6.42. The van der Waals surface area contributed by atoms with Crippen LogP contribution < -0.4 is 9.62 Å². The van der Waals surface area contributed by atoms with Crippen LogP contribution in [0.2, 0.25) is 0 Å². The summed E-state index contributed by atoms with van der Waals surface area (Å²) in [6, 6.07) is 12.8. The Hall–Kier alpha value is -2.14. The van der Waals surface area contributed by atoms with Gasteiger partial charge in [0.15, 0.2) is 0 Å². The molecule has 1 N–H and O–H groups in total. The zero-order valence-electron chi connectivity index (χ0n) is 17.6. The smallest absolute Gasteiger partial charge is 0.261 e. The van der Waals surface area contributed by atoms with Crippen LogP contribution in [0.1, 0.15) is 6.42 Å². The fraction of sp³-hybridized carbons (Fsp3) is 0.400. The molecule has 1 saturated heterocycles. The van der Waals surface area contributed by atoms with Crippen molar-refractivity contribution in [3.63, 3.8) is 0 Å². The highest BCUT2D eigenvalue weighted by Gasteiger charge is 2.26. The summed E-state index contributed by atoms with van der Waals surface area (Å²) in [5, 5.41) is 0. The average Bonchev–Trinajstić information content (AvgIpc) is 3.14. The molecule has 0 aliphatic carbocycles. The number of likely N-dealkylation sites (N-methyl/N-ethyl adjacent to an activating group) is 2. The number of rotatable bonds is 7. The summed E-state index contributed by atoms with van der Waals surface area (Å²) in [4.78, 5) is 4.39. The predicted molar refractivity (Wildman–Crippen MR) is 119 cm³/mol. The van der Waals surface area contributed by atoms with Crippen molar-refractivity contribution in [1.82, 2.24) is 9.21 Å². The van der Waals surface area contributed by atoms with Gasteiger partial charge in [-0.1, -0.05) is 12.1 Å². The summed E-state index contributed by atoms with van der Waals surface area (Å²) in [5.41, 5.74) is 1.28. The van der Waals surface area contributed by atoms with Crippen molar-refractivity contribution in [2.75, 3.05) is 50.9 Å². The predicted octanol–water partition coefficient (Wildman–Crippen LogP) is 1.88. The molecule has 0 bridgehead atoms. The summed E-state index contributed by atoms with van der Waals surface area (Å²) < 4.78 is 54.0. The SMILES string of the molecule is CN1CCC(N(C)c2ccccc2NS(=O)(=O)c2ccc(S(=O)(=O)N(C)C)cc2)C1. The summed E-state index contributed by atoms with van der Waals surface area (Å²) in [5.74, 6) is 0. The van der Waals surface area contributed by atoms with Crippen molar-refractivity contribution < 1.29 is 16.8 Å². The Morgan fingerprint density at radius 1 is 0.933 bits per heavy atom. The number of anilines is 2. The first kappa shape index (κ1) is 22.5. The fourth-order valence-electron chi connectivity index (χ4n) is 3.50. The first-order valence-corrected chi connectivity index (χ1v) is 12.5. The van der Waals surface area contributed by atoms with Gasteiger partial charge in [-0.05, 0) is 56.4 Å². The molecular weight excluding hydrogens is 424 g/mol. The van der Waals surface area contributed by atoms with E-state index < -0.39 is 20.0 Å². The second-order valence-corrected chi connectivity index (χ2v) is 11.5. The van der Waals surface area contributed by atoms with Crippen molar-refractivity contribution in [3.8, 4) is 0 Å². The zero-order chi connectivity index (χ0) is 22.1. The van der Waals surface area contributed by atoms with Gasteiger partial charge in [-0.2, -0.15) is 0 Å². The van der Waals surface area contributed by atoms with Crippen LogP contribution in [0.3, 0.4) is 0 Å². The van der Waals surface area contributed by atoms with Gasteiger partial charge in [0.25, 0.3) is 10.0 Å². The molecule has 1 unspecified atom stereocenters. The van der Waals surface area contributed by atoms with Gasteiger partial charge in [-0.15, -0.1) is 0 Å². The van der Waals surface area contributed by atoms with Crippen LogP contribution >= 0.6 is 0 Å². The van der Waals surface area contributed by atoms with E-state index in [9.17, 15) is 16.8 Å². The number of nitrogens with one attached hydrogen (secondary N) is 1. The second-order valence-electron chi connectivity index (χ2n) is 7.70. The van der Waals surface area contributed by atoms with E-state index in [0.717, 1.165) is 29.5 Å². The van der Waals surface area contributed by atoms with Crippen LogP contribution in [-0.4, -0.2) is 73.4 Å². The molecule has 0 amide bonds. The number of likely N-dealkylation sites (tertiary alicyclic amines) is 1. The minimum atomic E-state index is -3.88. The molecule has 1 aliphatic heterocycles. The minimum Gasteiger partial charge on any atom is -0.369 e. The van der Waals surface area contributed by atoms with E-state index >= 15 is 0 Å². The normalized spacial score (nSPS) is 18.0. The molecule has 2 aromatic carbocycles. The van der Waals surface area contributed by atoms with Crippen LogP contribution in [0, 0.1) is 0 Å². The van der Waals surface area contributed by atoms with Crippen LogP contribution in [0.15, 0.2) is 58.3 Å². The quantitative estimate of drug-likeness (QED) is 0.690. The molecule has 10 heteroatoms. The lowest BCUT2D eigenvalue weighted by Crippen LogP contribution is -2.34. The highest BCUT2D eigenvalue weighted by atomic mass is 32.2. The molecule has 0 spiro atoms. The van der Waals surface area contributed by atoms with E-state index in [2.05, 4.69) is 21.6 Å². The zero-order valence-corrected chi connectivity index (χ0v) is 19.2. The van der Waals surface area contributed by atoms with Gasteiger partial charge in [0, 0.05) is 33.7 Å². The highest BCUT2D eigenvalue weighted by Crippen LogP contribution is 2.30. The third-order valence-electron chi connectivity index (χ3n) is 5.36. The lowest BCUT2D eigenvalue weighted by atomic mass is 10.2. The lowest BCUT2D eigenvalue weighted by molar-refractivity contribution is 0.409. The first-order valence-electron chi connectivity index (χ1n) is 9.58. The van der Waals surface area contributed by atoms with E-state index in [4.69, 9.17) is 0 Å². The maximum absolute atomic E-state index is 12.9. The monoisotopic (exact) mass is 452 g/mol. The van der Waals surface area contributed by atoms with Crippen molar-refractivity contribution in [3.05, 3.63) is 48.5 Å². The lowest BCUT2D eigenvalue weighted by Gasteiger charge is -2.28. The number of hydrogen-bond acceptors (Lipinski definition) is 6. The molecule has 3 rings (SSSR count). The Morgan fingerprint density at radius 2 is 1.53 bits per heavy atom. The summed E-state index contributed by atoms with van der Waals surface area (Å²) >= 11 is 0. The topological polar surface area (TPSA) is 90.0 Å². The number of sulfonamides is 2. The van der Waals surface area contributed by atoms with Crippen molar-refractivity contribution in [2.24, 2.45) is 0 Å². The third-order valence-corrected chi connectivity index (χ3v) is 8.57. The van der Waals surface area contributed by atoms with E-state index in [1.165, 1.54) is 38.4 Å². The maximum atomic E-state index is 12.9. The number of benzene rings is 2. The van der Waals surface area contributed by atoms with Crippen LogP contribution in [0.5, 0.6) is 0 Å². The molecule has 8 nitrogen and oxygen atoms in total. The van der Waals surface area contributed by atoms with Gasteiger partial charge < -0.3 is 9.80 Å². The van der Waals surface area contributed by atoms with Gasteiger partial charge in [-0.25, -0.2) is 21.1 Å². The fourth-order valence-corrected chi connectivity index (χ4v) is 5.47. The maximum Gasteiger partial charge on any atom is 0.261 e. The first-order chi connectivity index (χ1) is 14.0. The summed E-state index contributed by atoms with van der Waals surface area (Å²) in [6.45, 7) is 1.92. The third kappa shape index (κ3) is 4.61. The Balaban J connectivity index is 1.86. The largest absolute Gasteiger partial charge is 0.369 e. The van der Waals surface area contributed by atoms with Crippen molar-refractivity contribution in [1.29, 1.82) is 0 Å². The summed E-state index contributed by atoms with van der Waals surface area (Å²) in [6.07, 6.45) is 1.01. The highest BCUT2D eigenvalue weighted by molar-refractivity contribution is 7.92. The van der Waals surface area contributed by atoms with Crippen LogP contribution in [0.25, 0.3) is 0 Å². The van der Waals surface area contributed by atoms with Gasteiger partial charge in [0.1, 0.15) is 0 Å². The number of para-hydroxylation sites is 2. The van der Waals surface area contributed by atoms with Crippen LogP contribution in [0.4, 0.5) is 11.4 Å². The van der Waals surface area contributed by atoms with Crippen molar-refractivity contribution in [2.45, 2.75) is 22.3 Å². The molecule has 0 saturated carbocycles. The van der Waals surface area contributed by atoms with Crippen LogP contribution in [-0.2, 0) is 20.0 Å². The molecule has 1 fully saturated rings. The Labute approximate surface area is 179 Å². The van der Waals surface area contributed by atoms with E-state index in [-0.39, 0.29) is 9.79 Å². The van der Waals surface area contributed by atoms with E-state index in [0.29, 0.717) is 11.7 Å². The number of nitrogens with zero attached hydrogens (tertiary/aromatic N) is 3.